The molecule has 0 aromatic heterocycles. The van der Waals surface area contributed by atoms with Crippen LogP contribution in [0.3, 0.4) is 0 Å². The highest BCUT2D eigenvalue weighted by molar-refractivity contribution is 5.75. The van der Waals surface area contributed by atoms with Gasteiger partial charge in [0, 0.05) is 24.9 Å². The highest BCUT2D eigenvalue weighted by Crippen LogP contribution is 2.11. The first-order chi connectivity index (χ1) is 16.4. The number of aliphatic hydroxyl groups excluding tert-OH is 1. The topological polar surface area (TPSA) is 49.3 Å². The van der Waals surface area contributed by atoms with Crippen LogP contribution in [0.2, 0.25) is 0 Å². The average molecular weight is 474 g/mol. The largest absolute Gasteiger partial charge is 0.393 e. The third-order valence-electron chi connectivity index (χ3n) is 6.46. The van der Waals surface area contributed by atoms with Crippen molar-refractivity contribution in [3.05, 3.63) is 48.0 Å². The lowest BCUT2D eigenvalue weighted by Crippen LogP contribution is -2.41. The summed E-state index contributed by atoms with van der Waals surface area (Å²) in [5.41, 5.74) is 1.36. The van der Waals surface area contributed by atoms with E-state index in [0.29, 0.717) is 6.42 Å². The number of hydrogen-bond acceptors (Lipinski definition) is 2. The Labute approximate surface area is 210 Å². The zero-order valence-corrected chi connectivity index (χ0v) is 22.4. The number of rotatable bonds is 21. The number of carbonyl (C=O) groups excluding carboxylic acids is 1. The lowest BCUT2D eigenvalue weighted by Gasteiger charge is -2.30. The van der Waals surface area contributed by atoms with Crippen molar-refractivity contribution in [1.82, 2.24) is 5.32 Å². The molecule has 34 heavy (non-hydrogen) atoms. The van der Waals surface area contributed by atoms with Crippen LogP contribution in [-0.2, 0) is 11.3 Å². The number of hydrogen-bond donors (Lipinski definition) is 2. The van der Waals surface area contributed by atoms with Crippen molar-refractivity contribution in [2.75, 3.05) is 27.2 Å². The number of amides is 1. The minimum absolute atomic E-state index is 0.168. The summed E-state index contributed by atoms with van der Waals surface area (Å²) >= 11 is 0. The fraction of sp³-hybridized carbons (Fsp3) is 0.700. The molecular weight excluding hydrogens is 420 g/mol. The molecular formula is C30H53N2O2+. The van der Waals surface area contributed by atoms with E-state index in [9.17, 15) is 9.90 Å². The van der Waals surface area contributed by atoms with E-state index < -0.39 is 0 Å². The number of nitrogens with one attached hydrogen (secondary N) is 1. The first kappa shape index (κ1) is 30.4. The van der Waals surface area contributed by atoms with Crippen molar-refractivity contribution < 1.29 is 14.4 Å². The molecule has 1 rings (SSSR count). The summed E-state index contributed by atoms with van der Waals surface area (Å²) in [4.78, 5) is 12.1. The summed E-state index contributed by atoms with van der Waals surface area (Å²) in [5.74, 6) is 0.199. The van der Waals surface area contributed by atoms with E-state index in [4.69, 9.17) is 0 Å². The second kappa shape index (κ2) is 19.6. The van der Waals surface area contributed by atoms with Crippen molar-refractivity contribution in [3.63, 3.8) is 0 Å². The van der Waals surface area contributed by atoms with Crippen LogP contribution in [0.25, 0.3) is 0 Å². The summed E-state index contributed by atoms with van der Waals surface area (Å²) in [6, 6.07) is 10.6. The summed E-state index contributed by atoms with van der Waals surface area (Å²) in [6.07, 6.45) is 19.4. The monoisotopic (exact) mass is 473 g/mol. The van der Waals surface area contributed by atoms with Gasteiger partial charge in [0.25, 0.3) is 0 Å². The number of allylic oxidation sites excluding steroid dienone is 1. The smallest absolute Gasteiger partial charge is 0.219 e. The van der Waals surface area contributed by atoms with Crippen LogP contribution < -0.4 is 5.32 Å². The Morgan fingerprint density at radius 2 is 1.65 bits per heavy atom. The van der Waals surface area contributed by atoms with Crippen LogP contribution in [0.1, 0.15) is 102 Å². The van der Waals surface area contributed by atoms with E-state index in [1.807, 2.05) is 0 Å². The zero-order chi connectivity index (χ0) is 24.9. The molecule has 2 N–H and O–H groups in total. The van der Waals surface area contributed by atoms with Gasteiger partial charge in [-0.25, -0.2) is 0 Å². The Kier molecular flexibility index (Phi) is 17.5. The number of unbranched alkanes of at least 4 members (excludes halogenated alkanes) is 8. The quantitative estimate of drug-likeness (QED) is 0.117. The Morgan fingerprint density at radius 1 is 0.941 bits per heavy atom. The summed E-state index contributed by atoms with van der Waals surface area (Å²) in [6.45, 7) is 5.06. The maximum absolute atomic E-state index is 12.1. The van der Waals surface area contributed by atoms with Crippen molar-refractivity contribution in [3.8, 4) is 0 Å². The number of quaternary nitrogens is 1. The van der Waals surface area contributed by atoms with Gasteiger partial charge in [0.2, 0.25) is 5.91 Å². The number of aliphatic hydroxyl groups is 1. The van der Waals surface area contributed by atoms with Gasteiger partial charge in [-0.15, -0.1) is 0 Å². The van der Waals surface area contributed by atoms with Gasteiger partial charge in [-0.05, 0) is 32.1 Å². The molecule has 0 saturated heterocycles. The maximum Gasteiger partial charge on any atom is 0.219 e. The van der Waals surface area contributed by atoms with Crippen LogP contribution >= 0.6 is 0 Å². The Morgan fingerprint density at radius 3 is 2.41 bits per heavy atom. The minimum atomic E-state index is -0.168. The predicted molar refractivity (Wildman–Crippen MR) is 146 cm³/mol. The molecule has 0 saturated carbocycles. The summed E-state index contributed by atoms with van der Waals surface area (Å²) < 4.78 is 0.939. The molecule has 0 radical (unpaired) electrons. The standard InChI is InChI=1S/C30H52N2O2/c1-4-5-6-16-22-29(33)23-17-11-9-7-8-10-12-18-24-30(34)31-25-19-26-32(2,3)27-28-20-14-13-15-21-28/h11,13-15,17,20-21,29,33H,4-10,12,16,18-19,22-27H2,1-3H3/p+1/b17-11-/t29-/m1/s1. The first-order valence-electron chi connectivity index (χ1n) is 13.9. The fourth-order valence-electron chi connectivity index (χ4n) is 4.35. The third-order valence-corrected chi connectivity index (χ3v) is 6.46. The zero-order valence-electron chi connectivity index (χ0n) is 22.4. The maximum atomic E-state index is 12.1. The molecule has 0 spiro atoms. The van der Waals surface area contributed by atoms with E-state index in [1.54, 1.807) is 0 Å². The molecule has 1 aromatic rings. The molecule has 4 nitrogen and oxygen atoms in total. The molecule has 1 aromatic carbocycles. The second-order valence-corrected chi connectivity index (χ2v) is 10.5. The molecule has 0 aliphatic carbocycles. The van der Waals surface area contributed by atoms with Crippen LogP contribution in [0.4, 0.5) is 0 Å². The van der Waals surface area contributed by atoms with Crippen molar-refractivity contribution in [1.29, 1.82) is 0 Å². The molecule has 0 unspecified atom stereocenters. The molecule has 1 amide bonds. The lowest BCUT2D eigenvalue weighted by molar-refractivity contribution is -0.903. The van der Waals surface area contributed by atoms with E-state index in [1.165, 1.54) is 44.1 Å². The van der Waals surface area contributed by atoms with Crippen LogP contribution in [0.5, 0.6) is 0 Å². The molecule has 194 valence electrons. The highest BCUT2D eigenvalue weighted by atomic mass is 16.3. The molecule has 0 heterocycles. The molecule has 0 aliphatic heterocycles. The van der Waals surface area contributed by atoms with Crippen molar-refractivity contribution >= 4 is 5.91 Å². The molecule has 4 heteroatoms. The van der Waals surface area contributed by atoms with Gasteiger partial charge in [-0.1, -0.05) is 94.4 Å². The number of nitrogens with zero attached hydrogens (tertiary/aromatic N) is 1. The fourth-order valence-corrected chi connectivity index (χ4v) is 4.35. The Bertz CT molecular complexity index is 642. The molecule has 0 fully saturated rings. The third kappa shape index (κ3) is 17.8. The second-order valence-electron chi connectivity index (χ2n) is 10.5. The molecule has 0 aliphatic rings. The van der Waals surface area contributed by atoms with Gasteiger partial charge in [0.05, 0.1) is 26.7 Å². The van der Waals surface area contributed by atoms with Gasteiger partial charge in [0.15, 0.2) is 0 Å². The van der Waals surface area contributed by atoms with E-state index in [2.05, 4.69) is 68.8 Å². The van der Waals surface area contributed by atoms with E-state index >= 15 is 0 Å². The first-order valence-corrected chi connectivity index (χ1v) is 13.9. The van der Waals surface area contributed by atoms with Gasteiger partial charge in [0.1, 0.15) is 6.54 Å². The van der Waals surface area contributed by atoms with Gasteiger partial charge in [-0.3, -0.25) is 4.79 Å². The van der Waals surface area contributed by atoms with Gasteiger partial charge >= 0.3 is 0 Å². The average Bonchev–Trinajstić information content (AvgIpc) is 2.81. The van der Waals surface area contributed by atoms with Crippen molar-refractivity contribution in [2.24, 2.45) is 0 Å². The number of carbonyl (C=O) groups is 1. The Hall–Kier alpha value is -1.65. The van der Waals surface area contributed by atoms with Crippen molar-refractivity contribution in [2.45, 2.75) is 109 Å². The van der Waals surface area contributed by atoms with Crippen LogP contribution in [-0.4, -0.2) is 48.8 Å². The van der Waals surface area contributed by atoms with Gasteiger partial charge < -0.3 is 14.9 Å². The lowest BCUT2D eigenvalue weighted by atomic mass is 10.1. The summed E-state index contributed by atoms with van der Waals surface area (Å²) in [7, 11) is 4.51. The van der Waals surface area contributed by atoms with Gasteiger partial charge in [-0.2, -0.15) is 0 Å². The van der Waals surface area contributed by atoms with Crippen LogP contribution in [0, 0.1) is 0 Å². The highest BCUT2D eigenvalue weighted by Gasteiger charge is 2.15. The minimum Gasteiger partial charge on any atom is -0.393 e. The molecule has 1 atom stereocenters. The van der Waals surface area contributed by atoms with Crippen LogP contribution in [0.15, 0.2) is 42.5 Å². The molecule has 0 bridgehead atoms. The number of benzene rings is 1. The predicted octanol–water partition coefficient (Wildman–Crippen LogP) is 6.78. The normalized spacial score (nSPS) is 12.8. The SMILES string of the molecule is CCCCCC[C@@H](O)C/C=C\CCCCCCCC(=O)NCCC[N+](C)(C)Cc1ccccc1. The van der Waals surface area contributed by atoms with E-state index in [0.717, 1.165) is 69.1 Å². The Balaban J connectivity index is 1.92. The van der Waals surface area contributed by atoms with E-state index in [-0.39, 0.29) is 12.0 Å². The summed E-state index contributed by atoms with van der Waals surface area (Å²) in [5, 5.41) is 13.1.